The standard InChI is InChI=1S/C25H26N2O6S/c1-17(19-6-13-23-24(16-19)33-15-14-32-23)26-25(28)18-4-7-20(8-5-18)27(2)34(29,30)22-11-9-21(31-3)10-12-22/h4-13,16-17H,14-15H2,1-3H3,(H,26,28)/t17-/m1/s1. The van der Waals surface area contributed by atoms with Crippen LogP contribution in [0.4, 0.5) is 5.69 Å². The van der Waals surface area contributed by atoms with E-state index in [0.717, 1.165) is 5.56 Å². The van der Waals surface area contributed by atoms with Gasteiger partial charge >= 0.3 is 0 Å². The number of benzene rings is 3. The predicted molar refractivity (Wildman–Crippen MR) is 128 cm³/mol. The molecular formula is C25H26N2O6S. The Hall–Kier alpha value is -3.72. The van der Waals surface area contributed by atoms with E-state index in [4.69, 9.17) is 14.2 Å². The van der Waals surface area contributed by atoms with Crippen LogP contribution in [0.25, 0.3) is 0 Å². The SMILES string of the molecule is COc1ccc(S(=O)(=O)N(C)c2ccc(C(=O)N[C@H](C)c3ccc4c(c3)OCCO4)cc2)cc1. The summed E-state index contributed by atoms with van der Waals surface area (Å²) >= 11 is 0. The van der Waals surface area contributed by atoms with E-state index in [1.165, 1.54) is 30.6 Å². The smallest absolute Gasteiger partial charge is 0.264 e. The van der Waals surface area contributed by atoms with Crippen LogP contribution in [0.3, 0.4) is 0 Å². The molecule has 1 N–H and O–H groups in total. The molecule has 1 heterocycles. The highest BCUT2D eigenvalue weighted by molar-refractivity contribution is 7.92. The van der Waals surface area contributed by atoms with Gasteiger partial charge < -0.3 is 19.5 Å². The molecule has 1 atom stereocenters. The maximum absolute atomic E-state index is 12.9. The van der Waals surface area contributed by atoms with E-state index in [-0.39, 0.29) is 16.8 Å². The number of nitrogens with zero attached hydrogens (tertiary/aromatic N) is 1. The van der Waals surface area contributed by atoms with Gasteiger partial charge in [-0.1, -0.05) is 6.07 Å². The molecule has 0 aromatic heterocycles. The van der Waals surface area contributed by atoms with Gasteiger partial charge in [0.05, 0.1) is 23.7 Å². The number of anilines is 1. The van der Waals surface area contributed by atoms with E-state index in [1.807, 2.05) is 25.1 Å². The van der Waals surface area contributed by atoms with Crippen LogP contribution < -0.4 is 23.8 Å². The Bertz CT molecular complexity index is 1270. The van der Waals surface area contributed by atoms with E-state index >= 15 is 0 Å². The van der Waals surface area contributed by atoms with Crippen LogP contribution in [0.15, 0.2) is 71.6 Å². The van der Waals surface area contributed by atoms with E-state index in [0.29, 0.717) is 41.7 Å². The molecule has 0 unspecified atom stereocenters. The molecule has 0 aliphatic carbocycles. The summed E-state index contributed by atoms with van der Waals surface area (Å²) in [5.74, 6) is 1.66. The van der Waals surface area contributed by atoms with E-state index in [2.05, 4.69) is 5.32 Å². The Labute approximate surface area is 199 Å². The number of ether oxygens (including phenoxy) is 3. The van der Waals surface area contributed by atoms with Gasteiger partial charge in [-0.2, -0.15) is 0 Å². The van der Waals surface area contributed by atoms with Crippen LogP contribution in [0.2, 0.25) is 0 Å². The highest BCUT2D eigenvalue weighted by atomic mass is 32.2. The van der Waals surface area contributed by atoms with Gasteiger partial charge in [-0.3, -0.25) is 9.10 Å². The number of carbonyl (C=O) groups excluding carboxylic acids is 1. The van der Waals surface area contributed by atoms with Crippen molar-refractivity contribution in [2.75, 3.05) is 31.7 Å². The lowest BCUT2D eigenvalue weighted by Gasteiger charge is -2.21. The fourth-order valence-electron chi connectivity index (χ4n) is 3.56. The molecule has 0 fully saturated rings. The summed E-state index contributed by atoms with van der Waals surface area (Å²) < 4.78 is 43.3. The lowest BCUT2D eigenvalue weighted by molar-refractivity contribution is 0.0939. The average molecular weight is 483 g/mol. The van der Waals surface area contributed by atoms with Crippen LogP contribution in [0, 0.1) is 0 Å². The molecule has 0 bridgehead atoms. The first kappa shape index (κ1) is 23.4. The second-order valence-electron chi connectivity index (χ2n) is 7.79. The van der Waals surface area contributed by atoms with Crippen molar-refractivity contribution in [2.24, 2.45) is 0 Å². The topological polar surface area (TPSA) is 94.2 Å². The quantitative estimate of drug-likeness (QED) is 0.551. The monoisotopic (exact) mass is 482 g/mol. The Balaban J connectivity index is 1.44. The number of hydrogen-bond acceptors (Lipinski definition) is 6. The van der Waals surface area contributed by atoms with E-state index in [9.17, 15) is 13.2 Å². The van der Waals surface area contributed by atoms with Gasteiger partial charge in [0.2, 0.25) is 0 Å². The summed E-state index contributed by atoms with van der Waals surface area (Å²) in [7, 11) is -0.769. The summed E-state index contributed by atoms with van der Waals surface area (Å²) in [6.45, 7) is 2.89. The van der Waals surface area contributed by atoms with Gasteiger partial charge in [0.1, 0.15) is 19.0 Å². The molecule has 3 aromatic rings. The third-order valence-electron chi connectivity index (χ3n) is 5.62. The van der Waals surface area contributed by atoms with Crippen molar-refractivity contribution in [3.63, 3.8) is 0 Å². The molecule has 4 rings (SSSR count). The average Bonchev–Trinajstić information content (AvgIpc) is 2.88. The second kappa shape index (κ2) is 9.64. The number of amides is 1. The third kappa shape index (κ3) is 4.79. The van der Waals surface area contributed by atoms with Crippen molar-refractivity contribution in [3.05, 3.63) is 77.9 Å². The zero-order valence-corrected chi connectivity index (χ0v) is 20.0. The molecule has 1 aliphatic heterocycles. The highest BCUT2D eigenvalue weighted by Crippen LogP contribution is 2.32. The van der Waals surface area contributed by atoms with E-state index < -0.39 is 10.0 Å². The van der Waals surface area contributed by atoms with Crippen molar-refractivity contribution in [1.29, 1.82) is 0 Å². The number of sulfonamides is 1. The Morgan fingerprint density at radius 1 is 0.971 bits per heavy atom. The van der Waals surface area contributed by atoms with Gasteiger partial charge in [0.25, 0.3) is 15.9 Å². The maximum Gasteiger partial charge on any atom is 0.264 e. The van der Waals surface area contributed by atoms with Crippen molar-refractivity contribution in [2.45, 2.75) is 17.9 Å². The Morgan fingerprint density at radius 3 is 2.26 bits per heavy atom. The zero-order valence-electron chi connectivity index (χ0n) is 19.1. The number of nitrogens with one attached hydrogen (secondary N) is 1. The lowest BCUT2D eigenvalue weighted by Crippen LogP contribution is -2.28. The summed E-state index contributed by atoms with van der Waals surface area (Å²) in [6.07, 6.45) is 0. The number of rotatable bonds is 7. The van der Waals surface area contributed by atoms with Crippen LogP contribution in [0.5, 0.6) is 17.2 Å². The molecule has 0 saturated carbocycles. The van der Waals surface area contributed by atoms with Crippen molar-refractivity contribution < 1.29 is 27.4 Å². The predicted octanol–water partition coefficient (Wildman–Crippen LogP) is 3.78. The van der Waals surface area contributed by atoms with Gasteiger partial charge in [-0.05, 0) is 73.2 Å². The van der Waals surface area contributed by atoms with Crippen LogP contribution in [-0.2, 0) is 10.0 Å². The molecule has 1 amide bonds. The molecule has 3 aromatic carbocycles. The molecular weight excluding hydrogens is 456 g/mol. The fraction of sp³-hybridized carbons (Fsp3) is 0.240. The Kier molecular flexibility index (Phi) is 6.65. The molecule has 34 heavy (non-hydrogen) atoms. The normalized spacial score (nSPS) is 13.6. The Morgan fingerprint density at radius 2 is 1.62 bits per heavy atom. The second-order valence-corrected chi connectivity index (χ2v) is 9.76. The van der Waals surface area contributed by atoms with E-state index in [1.54, 1.807) is 36.4 Å². The molecule has 0 saturated heterocycles. The van der Waals surface area contributed by atoms with Gasteiger partial charge in [-0.15, -0.1) is 0 Å². The number of carbonyl (C=O) groups is 1. The summed E-state index contributed by atoms with van der Waals surface area (Å²) in [4.78, 5) is 12.9. The number of hydrogen-bond donors (Lipinski definition) is 1. The summed E-state index contributed by atoms with van der Waals surface area (Å²) in [5, 5.41) is 2.96. The van der Waals surface area contributed by atoms with Crippen molar-refractivity contribution >= 4 is 21.6 Å². The largest absolute Gasteiger partial charge is 0.497 e. The molecule has 9 heteroatoms. The minimum Gasteiger partial charge on any atom is -0.497 e. The highest BCUT2D eigenvalue weighted by Gasteiger charge is 2.22. The first-order chi connectivity index (χ1) is 16.3. The van der Waals surface area contributed by atoms with Crippen molar-refractivity contribution in [3.8, 4) is 17.2 Å². The molecule has 178 valence electrons. The first-order valence-electron chi connectivity index (χ1n) is 10.7. The number of methoxy groups -OCH3 is 1. The van der Waals surface area contributed by atoms with Crippen LogP contribution in [-0.4, -0.2) is 41.7 Å². The van der Waals surface area contributed by atoms with Gasteiger partial charge in [0.15, 0.2) is 11.5 Å². The molecule has 0 spiro atoms. The molecule has 8 nitrogen and oxygen atoms in total. The first-order valence-corrected chi connectivity index (χ1v) is 12.2. The summed E-state index contributed by atoms with van der Waals surface area (Å²) in [5.41, 5.74) is 1.75. The minimum atomic E-state index is -3.76. The van der Waals surface area contributed by atoms with Crippen LogP contribution >= 0.6 is 0 Å². The van der Waals surface area contributed by atoms with Gasteiger partial charge in [-0.25, -0.2) is 8.42 Å². The summed E-state index contributed by atoms with van der Waals surface area (Å²) in [6, 6.07) is 17.9. The van der Waals surface area contributed by atoms with Crippen molar-refractivity contribution in [1.82, 2.24) is 5.32 Å². The number of fused-ring (bicyclic) bond motifs is 1. The minimum absolute atomic E-state index is 0.144. The maximum atomic E-state index is 12.9. The van der Waals surface area contributed by atoms with Crippen LogP contribution in [0.1, 0.15) is 28.9 Å². The molecule has 0 radical (unpaired) electrons. The fourth-order valence-corrected chi connectivity index (χ4v) is 4.76. The molecule has 1 aliphatic rings. The lowest BCUT2D eigenvalue weighted by atomic mass is 10.1. The third-order valence-corrected chi connectivity index (χ3v) is 7.42. The zero-order chi connectivity index (χ0) is 24.3. The van der Waals surface area contributed by atoms with Gasteiger partial charge in [0, 0.05) is 12.6 Å².